The van der Waals surface area contributed by atoms with Gasteiger partial charge in [-0.1, -0.05) is 29.3 Å². The van der Waals surface area contributed by atoms with E-state index in [-0.39, 0.29) is 35.9 Å². The molecule has 0 saturated carbocycles. The first-order valence-corrected chi connectivity index (χ1v) is 8.43. The fourth-order valence-electron chi connectivity index (χ4n) is 2.69. The van der Waals surface area contributed by atoms with Crippen molar-refractivity contribution in [2.75, 3.05) is 26.2 Å². The molecule has 3 rings (SSSR count). The second kappa shape index (κ2) is 9.42. The van der Waals surface area contributed by atoms with Crippen molar-refractivity contribution in [3.05, 3.63) is 55.9 Å². The summed E-state index contributed by atoms with van der Waals surface area (Å²) in [5, 5.41) is 5.86. The summed E-state index contributed by atoms with van der Waals surface area (Å²) >= 11 is 13.9. The van der Waals surface area contributed by atoms with Gasteiger partial charge in [-0.3, -0.25) is 4.90 Å². The first-order chi connectivity index (χ1) is 10.2. The van der Waals surface area contributed by atoms with E-state index < -0.39 is 5.82 Å². The van der Waals surface area contributed by atoms with E-state index in [9.17, 15) is 4.39 Å². The lowest BCUT2D eigenvalue weighted by atomic mass is 10.0. The van der Waals surface area contributed by atoms with Gasteiger partial charge in [0.05, 0.1) is 11.1 Å². The maximum Gasteiger partial charge on any atom is 0.148 e. The summed E-state index contributed by atoms with van der Waals surface area (Å²) in [6.07, 6.45) is 0. The molecule has 128 valence electrons. The highest BCUT2D eigenvalue weighted by Crippen LogP contribution is 2.39. The number of hydrogen-bond donors (Lipinski definition) is 1. The van der Waals surface area contributed by atoms with Crippen molar-refractivity contribution in [3.63, 3.8) is 0 Å². The Morgan fingerprint density at radius 1 is 1.09 bits per heavy atom. The quantitative estimate of drug-likeness (QED) is 0.704. The third-order valence-electron chi connectivity index (χ3n) is 3.68. The van der Waals surface area contributed by atoms with E-state index in [4.69, 9.17) is 23.2 Å². The Hall–Kier alpha value is -0.0700. The van der Waals surface area contributed by atoms with E-state index in [2.05, 4.69) is 10.2 Å². The molecule has 1 saturated heterocycles. The van der Waals surface area contributed by atoms with E-state index in [0.29, 0.717) is 10.6 Å². The molecule has 1 atom stereocenters. The van der Waals surface area contributed by atoms with Crippen molar-refractivity contribution in [1.29, 1.82) is 0 Å². The molecule has 0 unspecified atom stereocenters. The van der Waals surface area contributed by atoms with Gasteiger partial charge in [0.25, 0.3) is 0 Å². The molecule has 1 aromatic heterocycles. The molecule has 0 aliphatic carbocycles. The molecule has 1 aromatic carbocycles. The van der Waals surface area contributed by atoms with Crippen LogP contribution in [0.25, 0.3) is 0 Å². The molecule has 0 spiro atoms. The largest absolute Gasteiger partial charge is 0.314 e. The predicted octanol–water partition coefficient (Wildman–Crippen LogP) is 5.03. The van der Waals surface area contributed by atoms with E-state index in [1.807, 2.05) is 17.5 Å². The number of piperazine rings is 1. The van der Waals surface area contributed by atoms with Crippen LogP contribution in [0.4, 0.5) is 4.39 Å². The predicted molar refractivity (Wildman–Crippen MR) is 102 cm³/mol. The highest BCUT2D eigenvalue weighted by atomic mass is 35.5. The first kappa shape index (κ1) is 21.0. The highest BCUT2D eigenvalue weighted by Gasteiger charge is 2.29. The van der Waals surface area contributed by atoms with Crippen molar-refractivity contribution in [2.24, 2.45) is 0 Å². The summed E-state index contributed by atoms with van der Waals surface area (Å²) < 4.78 is 14.6. The van der Waals surface area contributed by atoms with Gasteiger partial charge in [-0.15, -0.1) is 36.2 Å². The number of hydrogen-bond acceptors (Lipinski definition) is 3. The molecule has 2 heterocycles. The number of benzene rings is 1. The van der Waals surface area contributed by atoms with Crippen molar-refractivity contribution < 1.29 is 4.39 Å². The van der Waals surface area contributed by atoms with Gasteiger partial charge >= 0.3 is 0 Å². The number of rotatable bonds is 3. The number of halogens is 5. The molecule has 8 heteroatoms. The van der Waals surface area contributed by atoms with E-state index >= 15 is 0 Å². The van der Waals surface area contributed by atoms with E-state index in [1.165, 1.54) is 6.07 Å². The Balaban J connectivity index is 0.00000132. The molecular formula is C15H17Cl4FN2S. The average Bonchev–Trinajstić information content (AvgIpc) is 3.02. The Kier molecular flexibility index (Phi) is 8.59. The lowest BCUT2D eigenvalue weighted by Gasteiger charge is -2.35. The van der Waals surface area contributed by atoms with Crippen LogP contribution >= 0.6 is 59.4 Å². The number of nitrogens with zero attached hydrogens (tertiary/aromatic N) is 1. The van der Waals surface area contributed by atoms with Crippen molar-refractivity contribution in [1.82, 2.24) is 10.2 Å². The molecule has 0 radical (unpaired) electrons. The maximum atomic E-state index is 14.6. The van der Waals surface area contributed by atoms with Gasteiger partial charge in [0, 0.05) is 41.6 Å². The van der Waals surface area contributed by atoms with Gasteiger partial charge < -0.3 is 5.32 Å². The molecule has 1 N–H and O–H groups in total. The van der Waals surface area contributed by atoms with Gasteiger partial charge in [0.15, 0.2) is 0 Å². The van der Waals surface area contributed by atoms with Crippen molar-refractivity contribution in [3.8, 4) is 0 Å². The minimum Gasteiger partial charge on any atom is -0.314 e. The van der Waals surface area contributed by atoms with Crippen LogP contribution in [0, 0.1) is 5.82 Å². The van der Waals surface area contributed by atoms with Crippen LogP contribution in [0.15, 0.2) is 29.6 Å². The van der Waals surface area contributed by atoms with Gasteiger partial charge in [-0.2, -0.15) is 0 Å². The zero-order valence-corrected chi connectivity index (χ0v) is 16.1. The zero-order chi connectivity index (χ0) is 14.8. The third-order valence-corrected chi connectivity index (χ3v) is 5.23. The van der Waals surface area contributed by atoms with E-state index in [0.717, 1.165) is 31.1 Å². The highest BCUT2D eigenvalue weighted by molar-refractivity contribution is 7.10. The summed E-state index contributed by atoms with van der Waals surface area (Å²) in [6, 6.07) is 7.00. The van der Waals surface area contributed by atoms with Crippen LogP contribution in [0.5, 0.6) is 0 Å². The number of nitrogens with one attached hydrogen (secondary N) is 1. The first-order valence-electron chi connectivity index (χ1n) is 6.80. The van der Waals surface area contributed by atoms with Crippen molar-refractivity contribution >= 4 is 59.4 Å². The molecule has 0 amide bonds. The summed E-state index contributed by atoms with van der Waals surface area (Å²) in [4.78, 5) is 3.34. The Morgan fingerprint density at radius 3 is 2.35 bits per heavy atom. The second-order valence-corrected chi connectivity index (χ2v) is 6.75. The minimum absolute atomic E-state index is 0. The molecule has 2 aromatic rings. The van der Waals surface area contributed by atoms with Crippen molar-refractivity contribution in [2.45, 2.75) is 6.04 Å². The van der Waals surface area contributed by atoms with Gasteiger partial charge in [-0.25, -0.2) is 4.39 Å². The smallest absolute Gasteiger partial charge is 0.148 e. The zero-order valence-electron chi connectivity index (χ0n) is 12.1. The summed E-state index contributed by atoms with van der Waals surface area (Å²) in [6.45, 7) is 3.49. The molecule has 23 heavy (non-hydrogen) atoms. The molecule has 0 bridgehead atoms. The number of thiophene rings is 1. The lowest BCUT2D eigenvalue weighted by molar-refractivity contribution is 0.197. The van der Waals surface area contributed by atoms with Gasteiger partial charge in [-0.05, 0) is 23.6 Å². The van der Waals surface area contributed by atoms with Crippen LogP contribution in [-0.2, 0) is 0 Å². The average molecular weight is 418 g/mol. The Labute approximate surface area is 161 Å². The minimum atomic E-state index is -0.416. The summed E-state index contributed by atoms with van der Waals surface area (Å²) in [7, 11) is 0. The third kappa shape index (κ3) is 4.51. The summed E-state index contributed by atoms with van der Waals surface area (Å²) in [5.74, 6) is -0.416. The van der Waals surface area contributed by atoms with Crippen LogP contribution in [-0.4, -0.2) is 31.1 Å². The summed E-state index contributed by atoms with van der Waals surface area (Å²) in [5.41, 5.74) is 0.480. The van der Waals surface area contributed by atoms with Crippen LogP contribution in [0.1, 0.15) is 16.5 Å². The lowest BCUT2D eigenvalue weighted by Crippen LogP contribution is -2.45. The monoisotopic (exact) mass is 416 g/mol. The van der Waals surface area contributed by atoms with Gasteiger partial charge in [0.2, 0.25) is 0 Å². The fourth-order valence-corrected chi connectivity index (χ4v) is 3.97. The fraction of sp³-hybridized carbons (Fsp3) is 0.333. The molecule has 1 aliphatic heterocycles. The van der Waals surface area contributed by atoms with Crippen LogP contribution in [0.3, 0.4) is 0 Å². The Morgan fingerprint density at radius 2 is 1.74 bits per heavy atom. The normalized spacial score (nSPS) is 16.3. The Bertz CT molecular complexity index is 618. The maximum absolute atomic E-state index is 14.6. The SMILES string of the molecule is Cl.Cl.Fc1c(Cl)ccc(Cl)c1[C@@H](c1cccs1)N1CCNCC1. The van der Waals surface area contributed by atoms with Crippen LogP contribution in [0.2, 0.25) is 10.0 Å². The van der Waals surface area contributed by atoms with E-state index in [1.54, 1.807) is 17.4 Å². The van der Waals surface area contributed by atoms with Gasteiger partial charge in [0.1, 0.15) is 5.82 Å². The molecule has 2 nitrogen and oxygen atoms in total. The second-order valence-electron chi connectivity index (χ2n) is 4.96. The molecule has 1 fully saturated rings. The van der Waals surface area contributed by atoms with Crippen LogP contribution < -0.4 is 5.32 Å². The topological polar surface area (TPSA) is 15.3 Å². The molecular weight excluding hydrogens is 401 g/mol. The standard InChI is InChI=1S/C15H15Cl2FN2S.2ClH/c16-10-3-4-11(17)14(18)13(10)15(12-2-1-9-21-12)20-7-5-19-6-8-20;;/h1-4,9,15,19H,5-8H2;2*1H/t15-;;/m1../s1. The molecule has 1 aliphatic rings.